The van der Waals surface area contributed by atoms with E-state index < -0.39 is 12.1 Å². The molecule has 0 aliphatic rings. The fourth-order valence-corrected chi connectivity index (χ4v) is 2.05. The molecule has 1 aromatic carbocycles. The lowest BCUT2D eigenvalue weighted by Crippen LogP contribution is -2.25. The van der Waals surface area contributed by atoms with Crippen LogP contribution in [0.2, 0.25) is 0 Å². The number of hydrogen-bond acceptors (Lipinski definition) is 5. The van der Waals surface area contributed by atoms with Crippen LogP contribution in [0.5, 0.6) is 0 Å². The van der Waals surface area contributed by atoms with E-state index in [1.807, 2.05) is 12.1 Å². The van der Waals surface area contributed by atoms with Gasteiger partial charge in [-0.1, -0.05) is 45.0 Å². The fourth-order valence-electron chi connectivity index (χ4n) is 2.05. The topological polar surface area (TPSA) is 69.2 Å². The van der Waals surface area contributed by atoms with Crippen molar-refractivity contribution in [2.45, 2.75) is 39.2 Å². The van der Waals surface area contributed by atoms with E-state index in [2.05, 4.69) is 30.7 Å². The smallest absolute Gasteiger partial charge is 0.359 e. The summed E-state index contributed by atoms with van der Waals surface area (Å²) in [6.45, 7) is 7.87. The van der Waals surface area contributed by atoms with Crippen molar-refractivity contribution >= 4 is 11.8 Å². The highest BCUT2D eigenvalue weighted by Gasteiger charge is 2.22. The van der Waals surface area contributed by atoms with Crippen molar-refractivity contribution in [2.24, 2.45) is 0 Å². The van der Waals surface area contributed by atoms with E-state index in [-0.39, 0.29) is 16.9 Å². The predicted molar refractivity (Wildman–Crippen MR) is 86.4 cm³/mol. The molecule has 0 bridgehead atoms. The summed E-state index contributed by atoms with van der Waals surface area (Å²) < 4.78 is 5.16. The third kappa shape index (κ3) is 4.22. The van der Waals surface area contributed by atoms with E-state index in [1.54, 1.807) is 19.1 Å². The Bertz CT molecular complexity index is 688. The van der Waals surface area contributed by atoms with Crippen LogP contribution in [-0.2, 0) is 10.2 Å². The molecular weight excluding hydrogens is 292 g/mol. The van der Waals surface area contributed by atoms with Crippen molar-refractivity contribution in [2.75, 3.05) is 0 Å². The number of ketones is 1. The lowest BCUT2D eigenvalue weighted by molar-refractivity contribution is 0.0312. The molecule has 5 heteroatoms. The zero-order valence-electron chi connectivity index (χ0n) is 13.7. The number of nitrogens with zero attached hydrogens (tertiary/aromatic N) is 2. The van der Waals surface area contributed by atoms with Gasteiger partial charge in [0.05, 0.1) is 6.20 Å². The maximum absolute atomic E-state index is 12.4. The second kappa shape index (κ2) is 6.69. The van der Waals surface area contributed by atoms with Crippen LogP contribution >= 0.6 is 0 Å². The third-order valence-corrected chi connectivity index (χ3v) is 3.46. The molecule has 0 aliphatic carbocycles. The number of rotatable bonds is 4. The lowest BCUT2D eigenvalue weighted by atomic mass is 9.86. The minimum Gasteiger partial charge on any atom is -0.449 e. The first-order valence-corrected chi connectivity index (χ1v) is 7.41. The Labute approximate surface area is 135 Å². The third-order valence-electron chi connectivity index (χ3n) is 3.46. The van der Waals surface area contributed by atoms with Gasteiger partial charge in [0.2, 0.25) is 5.78 Å². The minimum absolute atomic E-state index is 0.0195. The maximum atomic E-state index is 12.4. The molecule has 0 radical (unpaired) electrons. The molecule has 0 N–H and O–H groups in total. The average Bonchev–Trinajstić information content (AvgIpc) is 2.54. The van der Waals surface area contributed by atoms with Gasteiger partial charge >= 0.3 is 5.97 Å². The molecule has 23 heavy (non-hydrogen) atoms. The first-order chi connectivity index (χ1) is 10.8. The molecule has 0 amide bonds. The van der Waals surface area contributed by atoms with Gasteiger partial charge in [0.25, 0.3) is 0 Å². The van der Waals surface area contributed by atoms with Crippen LogP contribution in [0.1, 0.15) is 54.1 Å². The molecule has 0 fully saturated rings. The van der Waals surface area contributed by atoms with E-state index in [9.17, 15) is 9.59 Å². The van der Waals surface area contributed by atoms with Gasteiger partial charge in [-0.25, -0.2) is 9.78 Å². The number of esters is 1. The molecule has 2 aromatic rings. The summed E-state index contributed by atoms with van der Waals surface area (Å²) in [6.07, 6.45) is 3.28. The van der Waals surface area contributed by atoms with Crippen LogP contribution in [0, 0.1) is 0 Å². The molecular formula is C18H20N2O3. The summed E-state index contributed by atoms with van der Waals surface area (Å²) in [6, 6.07) is 7.36. The molecule has 0 unspecified atom stereocenters. The molecule has 120 valence electrons. The minimum atomic E-state index is -0.884. The Morgan fingerprint density at radius 2 is 1.74 bits per heavy atom. The highest BCUT2D eigenvalue weighted by molar-refractivity contribution is 6.01. The van der Waals surface area contributed by atoms with E-state index in [1.165, 1.54) is 18.6 Å². The molecule has 2 rings (SSSR count). The van der Waals surface area contributed by atoms with Crippen LogP contribution in [0.3, 0.4) is 0 Å². The highest BCUT2D eigenvalue weighted by atomic mass is 16.5. The highest BCUT2D eigenvalue weighted by Crippen LogP contribution is 2.22. The molecule has 0 aliphatic heterocycles. The second-order valence-electron chi connectivity index (χ2n) is 6.33. The van der Waals surface area contributed by atoms with Crippen molar-refractivity contribution in [3.05, 3.63) is 59.7 Å². The summed E-state index contributed by atoms with van der Waals surface area (Å²) in [4.78, 5) is 31.9. The summed E-state index contributed by atoms with van der Waals surface area (Å²) in [5.74, 6) is -0.909. The van der Waals surface area contributed by atoms with Crippen LogP contribution in [0.15, 0.2) is 42.9 Å². The van der Waals surface area contributed by atoms with Crippen LogP contribution in [-0.4, -0.2) is 27.8 Å². The van der Waals surface area contributed by atoms with Crippen LogP contribution in [0.4, 0.5) is 0 Å². The molecule has 1 heterocycles. The van der Waals surface area contributed by atoms with Gasteiger partial charge < -0.3 is 4.74 Å². The van der Waals surface area contributed by atoms with Crippen molar-refractivity contribution in [1.29, 1.82) is 0 Å². The van der Waals surface area contributed by atoms with Gasteiger partial charge in [0, 0.05) is 18.0 Å². The Hall–Kier alpha value is -2.56. The number of Topliss-reactive ketones (excluding diaryl/α,β-unsaturated/α-hetero) is 1. The number of benzene rings is 1. The first kappa shape index (κ1) is 16.8. The van der Waals surface area contributed by atoms with Gasteiger partial charge in [0.1, 0.15) is 0 Å². The number of ether oxygens (including phenoxy) is 1. The Balaban J connectivity index is 2.06. The van der Waals surface area contributed by atoms with Crippen molar-refractivity contribution < 1.29 is 14.3 Å². The number of hydrogen-bond donors (Lipinski definition) is 0. The quantitative estimate of drug-likeness (QED) is 0.640. The maximum Gasteiger partial charge on any atom is 0.359 e. The fraction of sp³-hybridized carbons (Fsp3) is 0.333. The van der Waals surface area contributed by atoms with Gasteiger partial charge in [0.15, 0.2) is 11.8 Å². The Morgan fingerprint density at radius 3 is 2.26 bits per heavy atom. The average molecular weight is 312 g/mol. The lowest BCUT2D eigenvalue weighted by Gasteiger charge is -2.19. The SMILES string of the molecule is C[C@H](OC(=O)c1cnccn1)C(=O)c1ccc(C(C)(C)C)cc1. The monoisotopic (exact) mass is 312 g/mol. The number of aromatic nitrogens is 2. The molecule has 1 atom stereocenters. The van der Waals surface area contributed by atoms with E-state index in [0.29, 0.717) is 5.56 Å². The molecule has 0 spiro atoms. The molecule has 0 saturated heterocycles. The van der Waals surface area contributed by atoms with Gasteiger partial charge in [-0.05, 0) is 17.9 Å². The molecule has 0 saturated carbocycles. The van der Waals surface area contributed by atoms with E-state index in [4.69, 9.17) is 4.74 Å². The van der Waals surface area contributed by atoms with E-state index >= 15 is 0 Å². The second-order valence-corrected chi connectivity index (χ2v) is 6.33. The van der Waals surface area contributed by atoms with Gasteiger partial charge in [-0.3, -0.25) is 9.78 Å². The zero-order valence-corrected chi connectivity index (χ0v) is 13.7. The van der Waals surface area contributed by atoms with Gasteiger partial charge in [-0.2, -0.15) is 0 Å². The van der Waals surface area contributed by atoms with Gasteiger partial charge in [-0.15, -0.1) is 0 Å². The normalized spacial score (nSPS) is 12.5. The van der Waals surface area contributed by atoms with E-state index in [0.717, 1.165) is 5.56 Å². The van der Waals surface area contributed by atoms with Crippen LogP contribution < -0.4 is 0 Å². The van der Waals surface area contributed by atoms with Crippen molar-refractivity contribution in [1.82, 2.24) is 9.97 Å². The number of carbonyl (C=O) groups is 2. The summed E-state index contributed by atoms with van der Waals surface area (Å²) in [5, 5.41) is 0. The van der Waals surface area contributed by atoms with Crippen LogP contribution in [0.25, 0.3) is 0 Å². The Morgan fingerprint density at radius 1 is 1.09 bits per heavy atom. The van der Waals surface area contributed by atoms with Crippen molar-refractivity contribution in [3.63, 3.8) is 0 Å². The summed E-state index contributed by atoms with van der Waals surface area (Å²) in [7, 11) is 0. The zero-order chi connectivity index (χ0) is 17.0. The summed E-state index contributed by atoms with van der Waals surface area (Å²) >= 11 is 0. The Kier molecular flexibility index (Phi) is 4.89. The van der Waals surface area contributed by atoms with Crippen molar-refractivity contribution in [3.8, 4) is 0 Å². The molecule has 5 nitrogen and oxygen atoms in total. The number of carbonyl (C=O) groups excluding carboxylic acids is 2. The standard InChI is InChI=1S/C18H20N2O3/c1-12(23-17(22)15-11-19-9-10-20-15)16(21)13-5-7-14(8-6-13)18(2,3)4/h5-12H,1-4H3/t12-/m0/s1. The first-order valence-electron chi connectivity index (χ1n) is 7.41. The molecule has 1 aromatic heterocycles. The largest absolute Gasteiger partial charge is 0.449 e. The summed E-state index contributed by atoms with van der Waals surface area (Å²) in [5.41, 5.74) is 1.75. The predicted octanol–water partition coefficient (Wildman–Crippen LogP) is 3.20.